The Morgan fingerprint density at radius 2 is 1.40 bits per heavy atom. The summed E-state index contributed by atoms with van der Waals surface area (Å²) in [4.78, 5) is 9.04. The molecule has 0 aliphatic heterocycles. The zero-order valence-electron chi connectivity index (χ0n) is 15.2. The van der Waals surface area contributed by atoms with Gasteiger partial charge < -0.3 is 10.6 Å². The average molecular weight is 332 g/mol. The van der Waals surface area contributed by atoms with E-state index in [4.69, 9.17) is 0 Å². The number of para-hydroxylation sites is 1. The van der Waals surface area contributed by atoms with Crippen LogP contribution in [0.3, 0.4) is 0 Å². The summed E-state index contributed by atoms with van der Waals surface area (Å²) in [6.45, 7) is 8.59. The minimum Gasteiger partial charge on any atom is -0.340 e. The first kappa shape index (κ1) is 17.0. The molecule has 2 N–H and O–H groups in total. The minimum atomic E-state index is 0.144. The van der Waals surface area contributed by atoms with E-state index < -0.39 is 0 Å². The number of aryl methyl sites for hydroxylation is 1. The number of nitrogens with zero attached hydrogens (tertiary/aromatic N) is 2. The lowest BCUT2D eigenvalue weighted by Gasteiger charge is -2.19. The van der Waals surface area contributed by atoms with Crippen molar-refractivity contribution in [3.05, 3.63) is 71.9 Å². The maximum atomic E-state index is 4.56. The van der Waals surface area contributed by atoms with Gasteiger partial charge in [0.05, 0.1) is 0 Å². The predicted molar refractivity (Wildman–Crippen MR) is 105 cm³/mol. The summed E-state index contributed by atoms with van der Waals surface area (Å²) in [5.41, 5.74) is 4.33. The molecular formula is C21H24N4. The summed E-state index contributed by atoms with van der Waals surface area (Å²) in [5, 5.41) is 6.60. The quantitative estimate of drug-likeness (QED) is 0.656. The van der Waals surface area contributed by atoms with Gasteiger partial charge in [0.25, 0.3) is 0 Å². The molecule has 1 heterocycles. The molecule has 0 aliphatic carbocycles. The summed E-state index contributed by atoms with van der Waals surface area (Å²) < 4.78 is 0. The number of anilines is 4. The number of rotatable bonds is 4. The molecule has 0 radical (unpaired) electrons. The van der Waals surface area contributed by atoms with Crippen molar-refractivity contribution in [3.63, 3.8) is 0 Å². The summed E-state index contributed by atoms with van der Waals surface area (Å²) >= 11 is 0. The van der Waals surface area contributed by atoms with E-state index in [-0.39, 0.29) is 5.41 Å². The molecule has 1 aromatic heterocycles. The molecule has 0 amide bonds. The average Bonchev–Trinajstić information content (AvgIpc) is 2.55. The van der Waals surface area contributed by atoms with Crippen molar-refractivity contribution in [2.45, 2.75) is 33.1 Å². The van der Waals surface area contributed by atoms with Gasteiger partial charge in [0.2, 0.25) is 5.95 Å². The molecule has 4 nitrogen and oxygen atoms in total. The van der Waals surface area contributed by atoms with Gasteiger partial charge in [-0.2, -0.15) is 4.98 Å². The highest BCUT2D eigenvalue weighted by molar-refractivity contribution is 5.60. The van der Waals surface area contributed by atoms with Crippen molar-refractivity contribution in [3.8, 4) is 0 Å². The standard InChI is InChI=1S/C21H24N4/c1-15-14-19(23-17-8-6-5-7-9-17)25-20(22-15)24-18-12-10-16(11-13-18)21(2,3)4/h5-14H,1-4H3,(H2,22,23,24,25). The predicted octanol–water partition coefficient (Wildman–Crippen LogP) is 5.57. The van der Waals surface area contributed by atoms with Gasteiger partial charge in [-0.1, -0.05) is 51.1 Å². The molecule has 0 atom stereocenters. The molecule has 0 saturated carbocycles. The SMILES string of the molecule is Cc1cc(Nc2ccccc2)nc(Nc2ccc(C(C)(C)C)cc2)n1. The van der Waals surface area contributed by atoms with E-state index in [0.717, 1.165) is 22.9 Å². The van der Waals surface area contributed by atoms with Crippen LogP contribution >= 0.6 is 0 Å². The van der Waals surface area contributed by atoms with Gasteiger partial charge >= 0.3 is 0 Å². The fourth-order valence-corrected chi connectivity index (χ4v) is 2.54. The van der Waals surface area contributed by atoms with Crippen molar-refractivity contribution >= 4 is 23.1 Å². The Kier molecular flexibility index (Phi) is 4.70. The van der Waals surface area contributed by atoms with Gasteiger partial charge in [0.15, 0.2) is 0 Å². The molecule has 3 aromatic rings. The topological polar surface area (TPSA) is 49.8 Å². The van der Waals surface area contributed by atoms with E-state index in [1.54, 1.807) is 0 Å². The van der Waals surface area contributed by atoms with Gasteiger partial charge in [0, 0.05) is 23.1 Å². The third kappa shape index (κ3) is 4.57. The number of aromatic nitrogens is 2. The van der Waals surface area contributed by atoms with E-state index in [9.17, 15) is 0 Å². The number of hydrogen-bond donors (Lipinski definition) is 2. The first-order chi connectivity index (χ1) is 11.9. The Bertz CT molecular complexity index is 834. The van der Waals surface area contributed by atoms with Gasteiger partial charge in [0.1, 0.15) is 5.82 Å². The van der Waals surface area contributed by atoms with Crippen molar-refractivity contribution in [2.75, 3.05) is 10.6 Å². The van der Waals surface area contributed by atoms with Crippen LogP contribution < -0.4 is 10.6 Å². The molecule has 0 spiro atoms. The second kappa shape index (κ2) is 6.93. The maximum Gasteiger partial charge on any atom is 0.229 e. The molecule has 128 valence electrons. The fourth-order valence-electron chi connectivity index (χ4n) is 2.54. The van der Waals surface area contributed by atoms with Crippen molar-refractivity contribution in [1.29, 1.82) is 0 Å². The maximum absolute atomic E-state index is 4.56. The van der Waals surface area contributed by atoms with Crippen LogP contribution in [0, 0.1) is 6.92 Å². The van der Waals surface area contributed by atoms with Gasteiger partial charge in [-0.25, -0.2) is 4.98 Å². The fraction of sp³-hybridized carbons (Fsp3) is 0.238. The smallest absolute Gasteiger partial charge is 0.229 e. The molecule has 0 bridgehead atoms. The molecule has 0 unspecified atom stereocenters. The van der Waals surface area contributed by atoms with Gasteiger partial charge in [-0.15, -0.1) is 0 Å². The van der Waals surface area contributed by atoms with Gasteiger partial charge in [-0.3, -0.25) is 0 Å². The van der Waals surface area contributed by atoms with E-state index in [1.807, 2.05) is 43.3 Å². The summed E-state index contributed by atoms with van der Waals surface area (Å²) in [6.07, 6.45) is 0. The van der Waals surface area contributed by atoms with Crippen LogP contribution in [-0.4, -0.2) is 9.97 Å². The monoisotopic (exact) mass is 332 g/mol. The molecule has 3 rings (SSSR count). The van der Waals surface area contributed by atoms with E-state index >= 15 is 0 Å². The summed E-state index contributed by atoms with van der Waals surface area (Å²) in [6, 6.07) is 20.3. The van der Waals surface area contributed by atoms with E-state index in [1.165, 1.54) is 5.56 Å². The molecular weight excluding hydrogens is 308 g/mol. The Morgan fingerprint density at radius 1 is 0.760 bits per heavy atom. The van der Waals surface area contributed by atoms with Crippen LogP contribution in [0.1, 0.15) is 32.0 Å². The third-order valence-corrected chi connectivity index (χ3v) is 3.91. The molecule has 0 saturated heterocycles. The lowest BCUT2D eigenvalue weighted by molar-refractivity contribution is 0.590. The Hall–Kier alpha value is -2.88. The number of hydrogen-bond acceptors (Lipinski definition) is 4. The van der Waals surface area contributed by atoms with Crippen molar-refractivity contribution < 1.29 is 0 Å². The van der Waals surface area contributed by atoms with Gasteiger partial charge in [-0.05, 0) is 42.2 Å². The zero-order chi connectivity index (χ0) is 17.9. The number of nitrogens with one attached hydrogen (secondary N) is 2. The lowest BCUT2D eigenvalue weighted by Crippen LogP contribution is -2.10. The van der Waals surface area contributed by atoms with Crippen LogP contribution in [0.4, 0.5) is 23.1 Å². The first-order valence-electron chi connectivity index (χ1n) is 8.45. The minimum absolute atomic E-state index is 0.144. The highest BCUT2D eigenvalue weighted by Gasteiger charge is 2.13. The lowest BCUT2D eigenvalue weighted by atomic mass is 9.87. The van der Waals surface area contributed by atoms with Crippen LogP contribution in [0.15, 0.2) is 60.7 Å². The first-order valence-corrected chi connectivity index (χ1v) is 8.45. The molecule has 4 heteroatoms. The van der Waals surface area contributed by atoms with Crippen molar-refractivity contribution in [2.24, 2.45) is 0 Å². The highest BCUT2D eigenvalue weighted by atomic mass is 15.1. The second-order valence-corrected chi connectivity index (χ2v) is 7.16. The van der Waals surface area contributed by atoms with Crippen LogP contribution in [0.25, 0.3) is 0 Å². The highest BCUT2D eigenvalue weighted by Crippen LogP contribution is 2.25. The molecule has 0 aliphatic rings. The van der Waals surface area contributed by atoms with Crippen LogP contribution in [0.5, 0.6) is 0 Å². The molecule has 2 aromatic carbocycles. The van der Waals surface area contributed by atoms with Crippen LogP contribution in [0.2, 0.25) is 0 Å². The Morgan fingerprint density at radius 3 is 2.04 bits per heavy atom. The normalized spacial score (nSPS) is 11.2. The molecule has 25 heavy (non-hydrogen) atoms. The summed E-state index contributed by atoms with van der Waals surface area (Å²) in [5.74, 6) is 1.36. The zero-order valence-corrected chi connectivity index (χ0v) is 15.2. The third-order valence-electron chi connectivity index (χ3n) is 3.91. The summed E-state index contributed by atoms with van der Waals surface area (Å²) in [7, 11) is 0. The van der Waals surface area contributed by atoms with Crippen molar-refractivity contribution in [1.82, 2.24) is 9.97 Å². The van der Waals surface area contributed by atoms with Crippen LogP contribution in [-0.2, 0) is 5.41 Å². The largest absolute Gasteiger partial charge is 0.340 e. The van der Waals surface area contributed by atoms with E-state index in [2.05, 4.69) is 65.6 Å². The Labute approximate surface area is 149 Å². The van der Waals surface area contributed by atoms with E-state index in [0.29, 0.717) is 5.95 Å². The number of benzene rings is 2. The molecule has 0 fully saturated rings. The Balaban J connectivity index is 1.78. The second-order valence-electron chi connectivity index (χ2n) is 7.16.